The fraction of sp³-hybridized carbons (Fsp3) is 0.312. The summed E-state index contributed by atoms with van der Waals surface area (Å²) in [6.45, 7) is 2.43. The van der Waals surface area contributed by atoms with Gasteiger partial charge in [-0.25, -0.2) is 0 Å². The average molecular weight is 577 g/mol. The van der Waals surface area contributed by atoms with E-state index in [0.717, 1.165) is 58.1 Å². The molecule has 210 valence electrons. The SMILES string of the molecule is COc1cccc(CN(CCCCCCN(Cc2cccc(OC)c2)C(=O)c2cccs2)C(=O)c2cccs2)c1. The molecule has 6 nitrogen and oxygen atoms in total. The predicted octanol–water partition coefficient (Wildman–Crippen LogP) is 7.37. The number of carbonyl (C=O) groups excluding carboxylic acids is 2. The molecule has 2 aromatic carbocycles. The fourth-order valence-corrected chi connectivity index (χ4v) is 5.94. The zero-order chi connectivity index (χ0) is 28.2. The Morgan fingerprint density at radius 3 is 1.45 bits per heavy atom. The molecule has 0 atom stereocenters. The third-order valence-electron chi connectivity index (χ3n) is 6.66. The maximum Gasteiger partial charge on any atom is 0.264 e. The van der Waals surface area contributed by atoms with Crippen LogP contribution in [-0.2, 0) is 13.1 Å². The number of unbranched alkanes of at least 4 members (excludes halogenated alkanes) is 3. The number of benzene rings is 2. The number of nitrogens with zero attached hydrogens (tertiary/aromatic N) is 2. The van der Waals surface area contributed by atoms with Gasteiger partial charge in [0.2, 0.25) is 0 Å². The Balaban J connectivity index is 1.32. The first-order valence-electron chi connectivity index (χ1n) is 13.5. The van der Waals surface area contributed by atoms with Crippen molar-refractivity contribution in [2.75, 3.05) is 27.3 Å². The van der Waals surface area contributed by atoms with Crippen molar-refractivity contribution in [3.8, 4) is 11.5 Å². The van der Waals surface area contributed by atoms with Crippen LogP contribution in [0.2, 0.25) is 0 Å². The molecule has 0 aliphatic heterocycles. The van der Waals surface area contributed by atoms with Crippen molar-refractivity contribution in [3.05, 3.63) is 104 Å². The van der Waals surface area contributed by atoms with Crippen LogP contribution in [-0.4, -0.2) is 48.9 Å². The minimum absolute atomic E-state index is 0.0591. The summed E-state index contributed by atoms with van der Waals surface area (Å²) >= 11 is 2.94. The van der Waals surface area contributed by atoms with Crippen LogP contribution in [0.5, 0.6) is 11.5 Å². The molecular weight excluding hydrogens is 540 g/mol. The third-order valence-corrected chi connectivity index (χ3v) is 8.38. The van der Waals surface area contributed by atoms with E-state index in [9.17, 15) is 9.59 Å². The molecule has 0 saturated heterocycles. The molecule has 2 heterocycles. The van der Waals surface area contributed by atoms with E-state index < -0.39 is 0 Å². The van der Waals surface area contributed by atoms with Gasteiger partial charge in [-0.15, -0.1) is 22.7 Å². The quantitative estimate of drug-likeness (QED) is 0.139. The number of hydrogen-bond donors (Lipinski definition) is 0. The van der Waals surface area contributed by atoms with Crippen LogP contribution in [0.3, 0.4) is 0 Å². The first kappa shape index (κ1) is 29.4. The molecule has 0 N–H and O–H groups in total. The van der Waals surface area contributed by atoms with Gasteiger partial charge in [-0.3, -0.25) is 9.59 Å². The van der Waals surface area contributed by atoms with Crippen LogP contribution >= 0.6 is 22.7 Å². The summed E-state index contributed by atoms with van der Waals surface area (Å²) in [4.78, 5) is 31.8. The highest BCUT2D eigenvalue weighted by Crippen LogP contribution is 2.21. The minimum Gasteiger partial charge on any atom is -0.497 e. The summed E-state index contributed by atoms with van der Waals surface area (Å²) in [7, 11) is 3.30. The Hall–Kier alpha value is -3.62. The second kappa shape index (κ2) is 15.2. The van der Waals surface area contributed by atoms with Crippen LogP contribution in [0.1, 0.15) is 56.2 Å². The molecule has 0 bridgehead atoms. The molecule has 4 aromatic rings. The summed E-state index contributed by atoms with van der Waals surface area (Å²) in [6, 6.07) is 23.3. The van der Waals surface area contributed by atoms with Gasteiger partial charge in [0.05, 0.1) is 24.0 Å². The maximum absolute atomic E-state index is 13.2. The van der Waals surface area contributed by atoms with Gasteiger partial charge in [-0.05, 0) is 71.1 Å². The Morgan fingerprint density at radius 1 is 0.625 bits per heavy atom. The maximum atomic E-state index is 13.2. The third kappa shape index (κ3) is 8.44. The van der Waals surface area contributed by atoms with Crippen LogP contribution in [0.15, 0.2) is 83.6 Å². The lowest BCUT2D eigenvalue weighted by Gasteiger charge is -2.24. The number of methoxy groups -OCH3 is 2. The Labute approximate surface area is 244 Å². The average Bonchev–Trinajstić information content (AvgIpc) is 3.72. The molecule has 4 rings (SSSR count). The lowest BCUT2D eigenvalue weighted by atomic mass is 10.1. The zero-order valence-electron chi connectivity index (χ0n) is 23.1. The van der Waals surface area contributed by atoms with Gasteiger partial charge in [0.25, 0.3) is 11.8 Å². The molecule has 0 spiro atoms. The van der Waals surface area contributed by atoms with Gasteiger partial charge in [0.1, 0.15) is 11.5 Å². The second-order valence-electron chi connectivity index (χ2n) is 9.53. The lowest BCUT2D eigenvalue weighted by Crippen LogP contribution is -2.31. The molecule has 0 radical (unpaired) electrons. The molecule has 40 heavy (non-hydrogen) atoms. The van der Waals surface area contributed by atoms with Crippen molar-refractivity contribution >= 4 is 34.5 Å². The number of thiophene rings is 2. The monoisotopic (exact) mass is 576 g/mol. The second-order valence-corrected chi connectivity index (χ2v) is 11.4. The van der Waals surface area contributed by atoms with E-state index in [2.05, 4.69) is 0 Å². The lowest BCUT2D eigenvalue weighted by molar-refractivity contribution is 0.0731. The van der Waals surface area contributed by atoms with Crippen molar-refractivity contribution in [3.63, 3.8) is 0 Å². The number of hydrogen-bond acceptors (Lipinski definition) is 6. The van der Waals surface area contributed by atoms with Crippen molar-refractivity contribution < 1.29 is 19.1 Å². The standard InChI is InChI=1S/C32H36N2O4S2/c1-37-27-13-7-11-25(21-27)23-33(31(35)29-15-9-19-39-29)17-5-3-4-6-18-34(32(36)30-16-10-20-40-30)24-26-12-8-14-28(22-26)38-2/h7-16,19-22H,3-6,17-18,23-24H2,1-2H3. The van der Waals surface area contributed by atoms with Gasteiger partial charge >= 0.3 is 0 Å². The molecule has 0 aliphatic carbocycles. The van der Waals surface area contributed by atoms with E-state index in [4.69, 9.17) is 9.47 Å². The first-order valence-corrected chi connectivity index (χ1v) is 15.2. The van der Waals surface area contributed by atoms with Gasteiger partial charge < -0.3 is 19.3 Å². The number of amides is 2. The van der Waals surface area contributed by atoms with E-state index in [-0.39, 0.29) is 11.8 Å². The van der Waals surface area contributed by atoms with E-state index >= 15 is 0 Å². The number of rotatable bonds is 15. The van der Waals surface area contributed by atoms with Crippen molar-refractivity contribution in [2.45, 2.75) is 38.8 Å². The topological polar surface area (TPSA) is 59.1 Å². The van der Waals surface area contributed by atoms with E-state index in [1.165, 1.54) is 22.7 Å². The zero-order valence-corrected chi connectivity index (χ0v) is 24.7. The molecule has 2 aromatic heterocycles. The van der Waals surface area contributed by atoms with Gasteiger partial charge in [0, 0.05) is 26.2 Å². The molecule has 8 heteroatoms. The van der Waals surface area contributed by atoms with Crippen LogP contribution < -0.4 is 9.47 Å². The fourth-order valence-electron chi connectivity index (χ4n) is 4.56. The van der Waals surface area contributed by atoms with Crippen LogP contribution in [0.4, 0.5) is 0 Å². The van der Waals surface area contributed by atoms with Gasteiger partial charge in [0.15, 0.2) is 0 Å². The summed E-state index contributed by atoms with van der Waals surface area (Å²) in [5, 5.41) is 3.87. The number of ether oxygens (including phenoxy) is 2. The van der Waals surface area contributed by atoms with Crippen LogP contribution in [0, 0.1) is 0 Å². The summed E-state index contributed by atoms with van der Waals surface area (Å²) < 4.78 is 10.7. The summed E-state index contributed by atoms with van der Waals surface area (Å²) in [5.41, 5.74) is 2.09. The molecule has 2 amide bonds. The minimum atomic E-state index is 0.0591. The largest absolute Gasteiger partial charge is 0.497 e. The normalized spacial score (nSPS) is 10.8. The van der Waals surface area contributed by atoms with E-state index in [1.54, 1.807) is 14.2 Å². The van der Waals surface area contributed by atoms with Crippen molar-refractivity contribution in [1.82, 2.24) is 9.80 Å². The van der Waals surface area contributed by atoms with E-state index in [0.29, 0.717) is 26.2 Å². The highest BCUT2D eigenvalue weighted by atomic mass is 32.1. The molecule has 0 aliphatic rings. The van der Waals surface area contributed by atoms with Gasteiger partial charge in [-0.2, -0.15) is 0 Å². The molecule has 0 fully saturated rings. The number of carbonyl (C=O) groups is 2. The van der Waals surface area contributed by atoms with E-state index in [1.807, 2.05) is 93.4 Å². The summed E-state index contributed by atoms with van der Waals surface area (Å²) in [6.07, 6.45) is 3.75. The Morgan fingerprint density at radius 2 is 1.07 bits per heavy atom. The predicted molar refractivity (Wildman–Crippen MR) is 163 cm³/mol. The Bertz CT molecular complexity index is 1230. The first-order chi connectivity index (χ1) is 19.6. The highest BCUT2D eigenvalue weighted by molar-refractivity contribution is 7.12. The summed E-state index contributed by atoms with van der Waals surface area (Å²) in [5.74, 6) is 1.70. The highest BCUT2D eigenvalue weighted by Gasteiger charge is 2.19. The smallest absolute Gasteiger partial charge is 0.264 e. The van der Waals surface area contributed by atoms with Crippen LogP contribution in [0.25, 0.3) is 0 Å². The van der Waals surface area contributed by atoms with Crippen molar-refractivity contribution in [1.29, 1.82) is 0 Å². The molecule has 0 unspecified atom stereocenters. The van der Waals surface area contributed by atoms with Gasteiger partial charge in [-0.1, -0.05) is 49.2 Å². The Kier molecular flexibility index (Phi) is 11.2. The van der Waals surface area contributed by atoms with Crippen molar-refractivity contribution in [2.24, 2.45) is 0 Å². The molecular formula is C32H36N2O4S2. The molecule has 0 saturated carbocycles.